The lowest BCUT2D eigenvalue weighted by molar-refractivity contribution is 0.102. The van der Waals surface area contributed by atoms with Crippen LogP contribution in [0.25, 0.3) is 0 Å². The molecule has 0 unspecified atom stereocenters. The van der Waals surface area contributed by atoms with Gasteiger partial charge in [-0.3, -0.25) is 4.79 Å². The van der Waals surface area contributed by atoms with Crippen molar-refractivity contribution >= 4 is 23.1 Å². The fraction of sp³-hybridized carbons (Fsp3) is 0.190. The Labute approximate surface area is 167 Å². The van der Waals surface area contributed by atoms with Gasteiger partial charge in [-0.2, -0.15) is 0 Å². The molecule has 3 rings (SSSR count). The van der Waals surface area contributed by atoms with Gasteiger partial charge in [0.05, 0.1) is 6.10 Å². The zero-order valence-corrected chi connectivity index (χ0v) is 16.2. The molecule has 2 N–H and O–H groups in total. The highest BCUT2D eigenvalue weighted by atomic mass is 19.2. The molecule has 1 aromatic heterocycles. The number of aromatic nitrogens is 2. The number of anilines is 3. The minimum absolute atomic E-state index is 0.0778. The molecule has 0 saturated heterocycles. The van der Waals surface area contributed by atoms with Crippen molar-refractivity contribution in [2.75, 3.05) is 10.6 Å². The number of ether oxygens (including phenoxy) is 1. The Morgan fingerprint density at radius 2 is 1.66 bits per heavy atom. The van der Waals surface area contributed by atoms with E-state index in [4.69, 9.17) is 4.74 Å². The van der Waals surface area contributed by atoms with E-state index >= 15 is 0 Å². The van der Waals surface area contributed by atoms with Crippen LogP contribution in [0.1, 0.15) is 30.2 Å². The summed E-state index contributed by atoms with van der Waals surface area (Å²) in [6, 6.07) is 11.9. The van der Waals surface area contributed by atoms with Crippen molar-refractivity contribution in [1.29, 1.82) is 0 Å². The van der Waals surface area contributed by atoms with Gasteiger partial charge in [0.2, 0.25) is 0 Å². The number of carbonyl (C=O) groups is 1. The molecule has 0 radical (unpaired) electrons. The second kappa shape index (κ2) is 8.64. The van der Waals surface area contributed by atoms with Gasteiger partial charge in [0.1, 0.15) is 23.1 Å². The number of amides is 1. The highest BCUT2D eigenvalue weighted by molar-refractivity contribution is 6.03. The summed E-state index contributed by atoms with van der Waals surface area (Å²) in [5.74, 6) is -1.05. The molecule has 0 spiro atoms. The molecular weight excluding hydrogens is 378 g/mol. The molecular formula is C21H20F2N4O2. The SMILES string of the molecule is Cc1nc(Nc2ccc(OC(C)C)cc2)cc(C(=O)Nc2ccc(F)c(F)c2)n1. The Kier molecular flexibility index (Phi) is 6.01. The first-order chi connectivity index (χ1) is 13.8. The van der Waals surface area contributed by atoms with E-state index in [1.165, 1.54) is 12.1 Å². The maximum atomic E-state index is 13.3. The van der Waals surface area contributed by atoms with Crippen LogP contribution in [0.4, 0.5) is 26.0 Å². The average molecular weight is 398 g/mol. The number of hydrogen-bond acceptors (Lipinski definition) is 5. The van der Waals surface area contributed by atoms with Crippen molar-refractivity contribution in [2.45, 2.75) is 26.9 Å². The first kappa shape index (κ1) is 20.2. The molecule has 29 heavy (non-hydrogen) atoms. The van der Waals surface area contributed by atoms with E-state index < -0.39 is 17.5 Å². The van der Waals surface area contributed by atoms with Gasteiger partial charge < -0.3 is 15.4 Å². The Morgan fingerprint density at radius 1 is 0.966 bits per heavy atom. The van der Waals surface area contributed by atoms with Crippen molar-refractivity contribution < 1.29 is 18.3 Å². The first-order valence-electron chi connectivity index (χ1n) is 8.96. The van der Waals surface area contributed by atoms with Crippen LogP contribution in [0.5, 0.6) is 5.75 Å². The molecule has 8 heteroatoms. The fourth-order valence-electron chi connectivity index (χ4n) is 2.55. The van der Waals surface area contributed by atoms with Gasteiger partial charge in [0.15, 0.2) is 11.6 Å². The molecule has 2 aromatic carbocycles. The van der Waals surface area contributed by atoms with Crippen LogP contribution in [0, 0.1) is 18.6 Å². The Bertz CT molecular complexity index is 1020. The molecule has 0 saturated carbocycles. The summed E-state index contributed by atoms with van der Waals surface area (Å²) < 4.78 is 32.0. The van der Waals surface area contributed by atoms with Gasteiger partial charge >= 0.3 is 0 Å². The first-order valence-corrected chi connectivity index (χ1v) is 8.96. The molecule has 0 aliphatic rings. The fourth-order valence-corrected chi connectivity index (χ4v) is 2.55. The van der Waals surface area contributed by atoms with E-state index in [1.807, 2.05) is 38.1 Å². The van der Waals surface area contributed by atoms with Gasteiger partial charge in [0, 0.05) is 23.5 Å². The maximum Gasteiger partial charge on any atom is 0.274 e. The zero-order chi connectivity index (χ0) is 21.0. The van der Waals surface area contributed by atoms with Gasteiger partial charge in [-0.1, -0.05) is 0 Å². The molecule has 0 atom stereocenters. The van der Waals surface area contributed by atoms with Gasteiger partial charge in [-0.25, -0.2) is 18.7 Å². The van der Waals surface area contributed by atoms with E-state index in [2.05, 4.69) is 20.6 Å². The maximum absolute atomic E-state index is 13.3. The van der Waals surface area contributed by atoms with Crippen molar-refractivity contribution in [3.05, 3.63) is 71.7 Å². The highest BCUT2D eigenvalue weighted by Gasteiger charge is 2.13. The molecule has 0 fully saturated rings. The number of nitrogens with zero attached hydrogens (tertiary/aromatic N) is 2. The lowest BCUT2D eigenvalue weighted by Crippen LogP contribution is -2.15. The number of halogens is 2. The van der Waals surface area contributed by atoms with E-state index in [1.54, 1.807) is 6.92 Å². The van der Waals surface area contributed by atoms with E-state index in [0.717, 1.165) is 23.6 Å². The number of hydrogen-bond donors (Lipinski definition) is 2. The van der Waals surface area contributed by atoms with Crippen molar-refractivity contribution in [3.63, 3.8) is 0 Å². The summed E-state index contributed by atoms with van der Waals surface area (Å²) in [5, 5.41) is 5.59. The standard InChI is InChI=1S/C21H20F2N4O2/c1-12(2)29-16-7-4-14(5-8-16)26-20-11-19(24-13(3)25-20)21(28)27-15-6-9-17(22)18(23)10-15/h4-12H,1-3H3,(H,27,28)(H,24,25,26). The average Bonchev–Trinajstić information content (AvgIpc) is 2.65. The van der Waals surface area contributed by atoms with Crippen LogP contribution in [0.2, 0.25) is 0 Å². The van der Waals surface area contributed by atoms with E-state index in [9.17, 15) is 13.6 Å². The molecule has 6 nitrogen and oxygen atoms in total. The number of nitrogens with one attached hydrogen (secondary N) is 2. The lowest BCUT2D eigenvalue weighted by Gasteiger charge is -2.12. The van der Waals surface area contributed by atoms with Crippen molar-refractivity contribution in [1.82, 2.24) is 9.97 Å². The normalized spacial score (nSPS) is 10.7. The predicted molar refractivity (Wildman–Crippen MR) is 107 cm³/mol. The zero-order valence-electron chi connectivity index (χ0n) is 16.2. The minimum atomic E-state index is -1.05. The Morgan fingerprint density at radius 3 is 2.31 bits per heavy atom. The monoisotopic (exact) mass is 398 g/mol. The third kappa shape index (κ3) is 5.47. The van der Waals surface area contributed by atoms with Gasteiger partial charge in [0.25, 0.3) is 5.91 Å². The molecule has 0 bridgehead atoms. The summed E-state index contributed by atoms with van der Waals surface area (Å²) in [5.41, 5.74) is 0.969. The third-order valence-corrected chi connectivity index (χ3v) is 3.75. The van der Waals surface area contributed by atoms with Crippen LogP contribution in [0.3, 0.4) is 0 Å². The second-order valence-electron chi connectivity index (χ2n) is 6.58. The highest BCUT2D eigenvalue weighted by Crippen LogP contribution is 2.21. The van der Waals surface area contributed by atoms with Gasteiger partial charge in [-0.05, 0) is 57.2 Å². The van der Waals surface area contributed by atoms with E-state index in [-0.39, 0.29) is 17.5 Å². The lowest BCUT2D eigenvalue weighted by atomic mass is 10.2. The second-order valence-corrected chi connectivity index (χ2v) is 6.58. The molecule has 3 aromatic rings. The topological polar surface area (TPSA) is 76.1 Å². The molecule has 1 amide bonds. The Hall–Kier alpha value is -3.55. The third-order valence-electron chi connectivity index (χ3n) is 3.75. The summed E-state index contributed by atoms with van der Waals surface area (Å²) in [6.07, 6.45) is 0.0778. The van der Waals surface area contributed by atoms with Crippen LogP contribution in [0.15, 0.2) is 48.5 Å². The Balaban J connectivity index is 1.75. The van der Waals surface area contributed by atoms with Crippen molar-refractivity contribution in [3.8, 4) is 5.75 Å². The quantitative estimate of drug-likeness (QED) is 0.621. The number of carbonyl (C=O) groups excluding carboxylic acids is 1. The predicted octanol–water partition coefficient (Wildman–Crippen LogP) is 4.85. The van der Waals surface area contributed by atoms with Crippen molar-refractivity contribution in [2.24, 2.45) is 0 Å². The smallest absolute Gasteiger partial charge is 0.274 e. The molecule has 0 aliphatic carbocycles. The summed E-state index contributed by atoms with van der Waals surface area (Å²) in [7, 11) is 0. The number of aryl methyl sites for hydroxylation is 1. The van der Waals surface area contributed by atoms with Crippen LogP contribution < -0.4 is 15.4 Å². The molecule has 1 heterocycles. The van der Waals surface area contributed by atoms with Crippen LogP contribution in [-0.4, -0.2) is 22.0 Å². The largest absolute Gasteiger partial charge is 0.491 e. The van der Waals surface area contributed by atoms with E-state index in [0.29, 0.717) is 11.6 Å². The molecule has 0 aliphatic heterocycles. The summed E-state index contributed by atoms with van der Waals surface area (Å²) >= 11 is 0. The van der Waals surface area contributed by atoms with Crippen LogP contribution >= 0.6 is 0 Å². The summed E-state index contributed by atoms with van der Waals surface area (Å²) in [6.45, 7) is 5.55. The minimum Gasteiger partial charge on any atom is -0.491 e. The number of rotatable bonds is 6. The number of benzene rings is 2. The van der Waals surface area contributed by atoms with Crippen LogP contribution in [-0.2, 0) is 0 Å². The molecule has 150 valence electrons. The summed E-state index contributed by atoms with van der Waals surface area (Å²) in [4.78, 5) is 20.8. The van der Waals surface area contributed by atoms with Gasteiger partial charge in [-0.15, -0.1) is 0 Å².